The number of allylic oxidation sites excluding steroid dienone is 1. The first-order valence-electron chi connectivity index (χ1n) is 8.42. The molecule has 0 radical (unpaired) electrons. The minimum absolute atomic E-state index is 0.241. The third-order valence-electron chi connectivity index (χ3n) is 4.45. The number of hydrogen-bond acceptors (Lipinski definition) is 4. The van der Waals surface area contributed by atoms with E-state index >= 15 is 0 Å². The summed E-state index contributed by atoms with van der Waals surface area (Å²) >= 11 is 0. The molecule has 3 rings (SSSR count). The highest BCUT2D eigenvalue weighted by atomic mass is 16.3. The Hall–Kier alpha value is -1.69. The number of nitrogens with zero attached hydrogens (tertiary/aromatic N) is 3. The Labute approximate surface area is 137 Å². The van der Waals surface area contributed by atoms with Gasteiger partial charge >= 0.3 is 0 Å². The van der Waals surface area contributed by atoms with E-state index in [0.29, 0.717) is 0 Å². The lowest BCUT2D eigenvalue weighted by atomic mass is 10.1. The number of aliphatic hydroxyl groups is 1. The van der Waals surface area contributed by atoms with Crippen molar-refractivity contribution in [3.05, 3.63) is 42.7 Å². The van der Waals surface area contributed by atoms with Crippen molar-refractivity contribution in [3.63, 3.8) is 0 Å². The van der Waals surface area contributed by atoms with Gasteiger partial charge in [-0.2, -0.15) is 0 Å². The lowest BCUT2D eigenvalue weighted by Crippen LogP contribution is -2.48. The summed E-state index contributed by atoms with van der Waals surface area (Å²) in [5, 5.41) is 10.00. The molecule has 0 spiro atoms. The van der Waals surface area contributed by atoms with Crippen molar-refractivity contribution >= 4 is 11.0 Å². The Morgan fingerprint density at radius 3 is 2.70 bits per heavy atom. The monoisotopic (exact) mass is 314 g/mol. The number of rotatable bonds is 7. The van der Waals surface area contributed by atoms with E-state index in [1.807, 2.05) is 24.3 Å². The predicted octanol–water partition coefficient (Wildman–Crippen LogP) is 2.01. The van der Waals surface area contributed by atoms with Gasteiger partial charge in [-0.15, -0.1) is 6.58 Å². The Morgan fingerprint density at radius 2 is 1.96 bits per heavy atom. The number of hydrogen-bond donors (Lipinski definition) is 2. The Kier molecular flexibility index (Phi) is 5.43. The number of β-amino-alcohol motifs (C(OH)–C–C–N with tert-alkyl or cyclic N) is 1. The number of H-pyrrole nitrogens is 1. The summed E-state index contributed by atoms with van der Waals surface area (Å²) < 4.78 is 0. The van der Waals surface area contributed by atoms with E-state index in [-0.39, 0.29) is 6.10 Å². The molecule has 2 aromatic rings. The van der Waals surface area contributed by atoms with E-state index in [0.717, 1.165) is 69.0 Å². The molecule has 1 unspecified atom stereocenters. The van der Waals surface area contributed by atoms with Crippen LogP contribution >= 0.6 is 0 Å². The average molecular weight is 314 g/mol. The molecule has 0 bridgehead atoms. The maximum atomic E-state index is 10.00. The summed E-state index contributed by atoms with van der Waals surface area (Å²) in [6.45, 7) is 9.39. The summed E-state index contributed by atoms with van der Waals surface area (Å²) in [4.78, 5) is 12.8. The van der Waals surface area contributed by atoms with Crippen LogP contribution in [0.15, 0.2) is 36.9 Å². The predicted molar refractivity (Wildman–Crippen MR) is 93.2 cm³/mol. The van der Waals surface area contributed by atoms with Gasteiger partial charge in [-0.05, 0) is 25.0 Å². The van der Waals surface area contributed by atoms with Gasteiger partial charge in [0.25, 0.3) is 0 Å². The van der Waals surface area contributed by atoms with Crippen LogP contribution in [0.1, 0.15) is 18.7 Å². The molecular weight excluding hydrogens is 288 g/mol. The fourth-order valence-corrected chi connectivity index (χ4v) is 3.12. The number of aromatic nitrogens is 2. The minimum Gasteiger partial charge on any atom is -0.392 e. The molecular formula is C18H26N4O. The number of aromatic amines is 1. The lowest BCUT2D eigenvalue weighted by molar-refractivity contribution is 0.0662. The highest BCUT2D eigenvalue weighted by Crippen LogP contribution is 2.13. The van der Waals surface area contributed by atoms with E-state index in [1.54, 1.807) is 0 Å². The van der Waals surface area contributed by atoms with Crippen molar-refractivity contribution < 1.29 is 5.11 Å². The molecule has 5 heteroatoms. The van der Waals surface area contributed by atoms with Gasteiger partial charge in [0.15, 0.2) is 0 Å². The summed E-state index contributed by atoms with van der Waals surface area (Å²) in [6.07, 6.45) is 3.32. The van der Waals surface area contributed by atoms with E-state index in [9.17, 15) is 5.11 Å². The molecule has 1 aromatic heterocycles. The molecule has 2 N–H and O–H groups in total. The van der Waals surface area contributed by atoms with Crippen LogP contribution in [0, 0.1) is 0 Å². The Bertz CT molecular complexity index is 598. The topological polar surface area (TPSA) is 55.4 Å². The molecule has 1 saturated heterocycles. The third-order valence-corrected chi connectivity index (χ3v) is 4.45. The summed E-state index contributed by atoms with van der Waals surface area (Å²) in [7, 11) is 0. The molecule has 1 aliphatic rings. The summed E-state index contributed by atoms with van der Waals surface area (Å²) in [5.41, 5.74) is 2.14. The van der Waals surface area contributed by atoms with Crippen LogP contribution in [0.5, 0.6) is 0 Å². The average Bonchev–Trinajstić information content (AvgIpc) is 2.97. The zero-order valence-electron chi connectivity index (χ0n) is 13.6. The van der Waals surface area contributed by atoms with Gasteiger partial charge in [0.1, 0.15) is 5.82 Å². The second kappa shape index (κ2) is 7.73. The highest BCUT2D eigenvalue weighted by molar-refractivity contribution is 5.74. The maximum Gasteiger partial charge on any atom is 0.121 e. The molecule has 2 heterocycles. The van der Waals surface area contributed by atoms with Gasteiger partial charge in [-0.1, -0.05) is 18.2 Å². The molecule has 0 saturated carbocycles. The van der Waals surface area contributed by atoms with E-state index in [2.05, 4.69) is 32.4 Å². The summed E-state index contributed by atoms with van der Waals surface area (Å²) in [6, 6.07) is 8.15. The zero-order valence-corrected chi connectivity index (χ0v) is 13.6. The molecule has 1 fully saturated rings. The van der Waals surface area contributed by atoms with Crippen LogP contribution in [0.2, 0.25) is 0 Å². The van der Waals surface area contributed by atoms with Crippen molar-refractivity contribution in [1.82, 2.24) is 19.8 Å². The molecule has 5 nitrogen and oxygen atoms in total. The number of imidazole rings is 1. The maximum absolute atomic E-state index is 10.00. The first-order valence-corrected chi connectivity index (χ1v) is 8.42. The van der Waals surface area contributed by atoms with Crippen molar-refractivity contribution in [2.45, 2.75) is 25.5 Å². The molecule has 0 amide bonds. The first kappa shape index (κ1) is 16.2. The van der Waals surface area contributed by atoms with Crippen molar-refractivity contribution in [1.29, 1.82) is 0 Å². The SMILES string of the molecule is C=CCCC(O)CN1CCN(Cc2nc3ccccc3[nH]2)CC1. The third kappa shape index (κ3) is 4.41. The Morgan fingerprint density at radius 1 is 1.22 bits per heavy atom. The molecule has 1 atom stereocenters. The van der Waals surface area contributed by atoms with Gasteiger partial charge in [0, 0.05) is 32.7 Å². The second-order valence-electron chi connectivity index (χ2n) is 6.30. The van der Waals surface area contributed by atoms with E-state index in [1.165, 1.54) is 0 Å². The largest absolute Gasteiger partial charge is 0.392 e. The first-order chi connectivity index (χ1) is 11.2. The number of fused-ring (bicyclic) bond motifs is 1. The van der Waals surface area contributed by atoms with Crippen LogP contribution in [-0.4, -0.2) is 63.7 Å². The van der Waals surface area contributed by atoms with Gasteiger partial charge in [0.2, 0.25) is 0 Å². The Balaban J connectivity index is 1.46. The van der Waals surface area contributed by atoms with E-state index in [4.69, 9.17) is 0 Å². The highest BCUT2D eigenvalue weighted by Gasteiger charge is 2.19. The minimum atomic E-state index is -0.241. The van der Waals surface area contributed by atoms with Gasteiger partial charge < -0.3 is 10.1 Å². The lowest BCUT2D eigenvalue weighted by Gasteiger charge is -2.35. The fourth-order valence-electron chi connectivity index (χ4n) is 3.12. The smallest absolute Gasteiger partial charge is 0.121 e. The fraction of sp³-hybridized carbons (Fsp3) is 0.500. The normalized spacial score (nSPS) is 18.3. The van der Waals surface area contributed by atoms with Crippen LogP contribution in [-0.2, 0) is 6.54 Å². The van der Waals surface area contributed by atoms with Crippen LogP contribution in [0.3, 0.4) is 0 Å². The number of para-hydroxylation sites is 2. The van der Waals surface area contributed by atoms with Gasteiger partial charge in [-0.3, -0.25) is 9.80 Å². The number of piperazine rings is 1. The standard InChI is InChI=1S/C18H26N4O/c1-2-3-6-15(23)13-21-9-11-22(12-10-21)14-18-19-16-7-4-5-8-17(16)20-18/h2,4-5,7-8,15,23H,1,3,6,9-14H2,(H,19,20). The van der Waals surface area contributed by atoms with Gasteiger partial charge in [0.05, 0.1) is 23.7 Å². The number of nitrogens with one attached hydrogen (secondary N) is 1. The van der Waals surface area contributed by atoms with E-state index < -0.39 is 0 Å². The summed E-state index contributed by atoms with van der Waals surface area (Å²) in [5.74, 6) is 1.03. The molecule has 1 aromatic carbocycles. The van der Waals surface area contributed by atoms with Gasteiger partial charge in [-0.25, -0.2) is 4.98 Å². The number of benzene rings is 1. The molecule has 124 valence electrons. The quantitative estimate of drug-likeness (QED) is 0.768. The molecule has 0 aliphatic carbocycles. The number of aliphatic hydroxyl groups excluding tert-OH is 1. The van der Waals surface area contributed by atoms with Crippen LogP contribution < -0.4 is 0 Å². The van der Waals surface area contributed by atoms with Crippen molar-refractivity contribution in [3.8, 4) is 0 Å². The molecule has 23 heavy (non-hydrogen) atoms. The van der Waals surface area contributed by atoms with Crippen LogP contribution in [0.4, 0.5) is 0 Å². The second-order valence-corrected chi connectivity index (χ2v) is 6.30. The van der Waals surface area contributed by atoms with Crippen molar-refractivity contribution in [2.24, 2.45) is 0 Å². The van der Waals surface area contributed by atoms with Crippen LogP contribution in [0.25, 0.3) is 11.0 Å². The zero-order chi connectivity index (χ0) is 16.1. The van der Waals surface area contributed by atoms with Crippen molar-refractivity contribution in [2.75, 3.05) is 32.7 Å². The molecule has 1 aliphatic heterocycles.